The molecule has 4 rings (SSSR count). The summed E-state index contributed by atoms with van der Waals surface area (Å²) in [6.45, 7) is 0. The van der Waals surface area contributed by atoms with Gasteiger partial charge in [-0.3, -0.25) is 0 Å². The highest BCUT2D eigenvalue weighted by Gasteiger charge is 2.13. The van der Waals surface area contributed by atoms with Crippen LogP contribution in [0.5, 0.6) is 0 Å². The first-order chi connectivity index (χ1) is 10.2. The van der Waals surface area contributed by atoms with E-state index in [2.05, 4.69) is 15.1 Å². The van der Waals surface area contributed by atoms with Crippen molar-refractivity contribution in [1.29, 1.82) is 0 Å². The fourth-order valence-corrected chi connectivity index (χ4v) is 2.45. The average Bonchev–Trinajstić information content (AvgIpc) is 2.94. The minimum atomic E-state index is -0.298. The first-order valence-corrected chi connectivity index (χ1v) is 6.67. The van der Waals surface area contributed by atoms with Crippen LogP contribution in [0.25, 0.3) is 27.9 Å². The number of benzene rings is 2. The van der Waals surface area contributed by atoms with Gasteiger partial charge in [0.25, 0.3) is 0 Å². The fourth-order valence-electron chi connectivity index (χ4n) is 2.24. The summed E-state index contributed by atoms with van der Waals surface area (Å²) in [4.78, 5) is 8.80. The highest BCUT2D eigenvalue weighted by Crippen LogP contribution is 2.24. The van der Waals surface area contributed by atoms with Crippen LogP contribution in [0.1, 0.15) is 0 Å². The zero-order valence-electron chi connectivity index (χ0n) is 10.7. The van der Waals surface area contributed by atoms with Gasteiger partial charge in [0.05, 0.1) is 5.52 Å². The van der Waals surface area contributed by atoms with Gasteiger partial charge in [0, 0.05) is 10.9 Å². The molecule has 0 N–H and O–H groups in total. The molecule has 4 aromatic rings. The monoisotopic (exact) mass is 298 g/mol. The van der Waals surface area contributed by atoms with E-state index in [-0.39, 0.29) is 11.1 Å². The minimum Gasteiger partial charge on any atom is -0.218 e. The molecule has 4 nitrogen and oxygen atoms in total. The molecule has 0 spiro atoms. The predicted octanol–water partition coefficient (Wildman–Crippen LogP) is 3.74. The molecule has 0 radical (unpaired) electrons. The lowest BCUT2D eigenvalue weighted by Crippen LogP contribution is -1.94. The largest absolute Gasteiger partial charge is 0.226 e. The molecule has 0 saturated carbocycles. The van der Waals surface area contributed by atoms with Crippen LogP contribution in [0.4, 0.5) is 4.39 Å². The second kappa shape index (κ2) is 4.49. The van der Waals surface area contributed by atoms with E-state index < -0.39 is 0 Å². The molecule has 2 heterocycles. The van der Waals surface area contributed by atoms with Gasteiger partial charge in [-0.15, -0.1) is 5.10 Å². The van der Waals surface area contributed by atoms with Crippen LogP contribution in [-0.2, 0) is 0 Å². The van der Waals surface area contributed by atoms with Gasteiger partial charge in [-0.1, -0.05) is 12.1 Å². The molecule has 0 aliphatic heterocycles. The van der Waals surface area contributed by atoms with Crippen molar-refractivity contribution in [3.05, 3.63) is 59.6 Å². The van der Waals surface area contributed by atoms with Gasteiger partial charge in [0.15, 0.2) is 11.5 Å². The topological polar surface area (TPSA) is 43.1 Å². The molecule has 21 heavy (non-hydrogen) atoms. The molecule has 0 atom stereocenters. The lowest BCUT2D eigenvalue weighted by Gasteiger charge is -1.99. The zero-order valence-corrected chi connectivity index (χ0v) is 11.4. The first kappa shape index (κ1) is 12.2. The lowest BCUT2D eigenvalue weighted by molar-refractivity contribution is 0.628. The number of rotatable bonds is 1. The van der Waals surface area contributed by atoms with Crippen molar-refractivity contribution in [3.8, 4) is 11.4 Å². The zero-order chi connectivity index (χ0) is 14.4. The van der Waals surface area contributed by atoms with Crippen LogP contribution in [-0.4, -0.2) is 19.6 Å². The van der Waals surface area contributed by atoms with Gasteiger partial charge in [-0.05, 0) is 48.0 Å². The summed E-state index contributed by atoms with van der Waals surface area (Å²) in [5.74, 6) is 0.183. The summed E-state index contributed by atoms with van der Waals surface area (Å²) in [5.41, 5.74) is 2.11. The predicted molar refractivity (Wildman–Crippen MR) is 78.7 cm³/mol. The Morgan fingerprint density at radius 2 is 1.71 bits per heavy atom. The van der Waals surface area contributed by atoms with Crippen molar-refractivity contribution in [1.82, 2.24) is 19.6 Å². The van der Waals surface area contributed by atoms with Crippen molar-refractivity contribution in [3.63, 3.8) is 0 Å². The molecule has 2 aromatic heterocycles. The third kappa shape index (κ3) is 1.94. The number of para-hydroxylation sites is 1. The average molecular weight is 299 g/mol. The summed E-state index contributed by atoms with van der Waals surface area (Å²) >= 11 is 6.15. The number of hydrogen-bond acceptors (Lipinski definition) is 3. The van der Waals surface area contributed by atoms with E-state index in [9.17, 15) is 4.39 Å². The molecule has 0 amide bonds. The molecule has 0 aliphatic carbocycles. The lowest BCUT2D eigenvalue weighted by atomic mass is 10.2. The highest BCUT2D eigenvalue weighted by atomic mass is 35.5. The molecule has 0 unspecified atom stereocenters. The standard InChI is InChI=1S/C15H8ClFN4/c16-15-18-12-4-2-1-3-11(12)14-19-13(20-21(14)15)9-5-7-10(17)8-6-9/h1-8H. The maximum Gasteiger partial charge on any atom is 0.226 e. The van der Waals surface area contributed by atoms with E-state index >= 15 is 0 Å². The van der Waals surface area contributed by atoms with Gasteiger partial charge in [-0.25, -0.2) is 14.4 Å². The Kier molecular flexibility index (Phi) is 2.62. The van der Waals surface area contributed by atoms with Crippen molar-refractivity contribution >= 4 is 28.2 Å². The van der Waals surface area contributed by atoms with E-state index in [1.54, 1.807) is 12.1 Å². The third-order valence-electron chi connectivity index (χ3n) is 3.24. The van der Waals surface area contributed by atoms with Crippen LogP contribution in [0.3, 0.4) is 0 Å². The summed E-state index contributed by atoms with van der Waals surface area (Å²) in [5, 5.41) is 5.45. The van der Waals surface area contributed by atoms with Gasteiger partial charge in [0.1, 0.15) is 5.82 Å². The van der Waals surface area contributed by atoms with E-state index in [1.165, 1.54) is 16.6 Å². The SMILES string of the molecule is Fc1ccc(-c2nc3c4ccccc4nc(Cl)n3n2)cc1. The van der Waals surface area contributed by atoms with Crippen LogP contribution >= 0.6 is 11.6 Å². The third-order valence-corrected chi connectivity index (χ3v) is 3.49. The smallest absolute Gasteiger partial charge is 0.218 e. The number of aromatic nitrogens is 4. The van der Waals surface area contributed by atoms with E-state index in [1.807, 2.05) is 24.3 Å². The van der Waals surface area contributed by atoms with E-state index in [0.29, 0.717) is 11.5 Å². The second-order valence-electron chi connectivity index (χ2n) is 4.58. The highest BCUT2D eigenvalue weighted by molar-refractivity contribution is 6.29. The molecular formula is C15H8ClFN4. The Bertz CT molecular complexity index is 963. The number of nitrogens with zero attached hydrogens (tertiary/aromatic N) is 4. The Morgan fingerprint density at radius 1 is 0.952 bits per heavy atom. The number of halogens is 2. The minimum absolute atomic E-state index is 0.240. The molecule has 0 saturated heterocycles. The molecule has 0 fully saturated rings. The maximum absolute atomic E-state index is 13.0. The van der Waals surface area contributed by atoms with Gasteiger partial charge < -0.3 is 0 Å². The quantitative estimate of drug-likeness (QED) is 0.503. The van der Waals surface area contributed by atoms with Gasteiger partial charge >= 0.3 is 0 Å². The van der Waals surface area contributed by atoms with Crippen molar-refractivity contribution in [2.75, 3.05) is 0 Å². The first-order valence-electron chi connectivity index (χ1n) is 6.29. The summed E-state index contributed by atoms with van der Waals surface area (Å²) < 4.78 is 14.5. The van der Waals surface area contributed by atoms with Gasteiger partial charge in [-0.2, -0.15) is 4.52 Å². The van der Waals surface area contributed by atoms with E-state index in [4.69, 9.17) is 11.6 Å². The fraction of sp³-hybridized carbons (Fsp3) is 0. The normalized spacial score (nSPS) is 11.3. The Hall–Kier alpha value is -2.53. The molecule has 0 aliphatic rings. The summed E-state index contributed by atoms with van der Waals surface area (Å²) in [7, 11) is 0. The van der Waals surface area contributed by atoms with Crippen molar-refractivity contribution in [2.24, 2.45) is 0 Å². The number of hydrogen-bond donors (Lipinski definition) is 0. The molecule has 0 bridgehead atoms. The molecule has 2 aromatic carbocycles. The van der Waals surface area contributed by atoms with Crippen LogP contribution in [0.2, 0.25) is 5.28 Å². The maximum atomic E-state index is 13.0. The molecule has 102 valence electrons. The summed E-state index contributed by atoms with van der Waals surface area (Å²) in [6, 6.07) is 13.6. The molecular weight excluding hydrogens is 291 g/mol. The Labute approximate surface area is 123 Å². The summed E-state index contributed by atoms with van der Waals surface area (Å²) in [6.07, 6.45) is 0. The van der Waals surface area contributed by atoms with Crippen LogP contribution in [0, 0.1) is 5.82 Å². The second-order valence-corrected chi connectivity index (χ2v) is 4.91. The Morgan fingerprint density at radius 3 is 2.52 bits per heavy atom. The van der Waals surface area contributed by atoms with Crippen molar-refractivity contribution < 1.29 is 4.39 Å². The Balaban J connectivity index is 2.03. The van der Waals surface area contributed by atoms with Crippen LogP contribution in [0.15, 0.2) is 48.5 Å². The van der Waals surface area contributed by atoms with Crippen LogP contribution < -0.4 is 0 Å². The van der Waals surface area contributed by atoms with Crippen molar-refractivity contribution in [2.45, 2.75) is 0 Å². The number of fused-ring (bicyclic) bond motifs is 3. The van der Waals surface area contributed by atoms with Gasteiger partial charge in [0.2, 0.25) is 5.28 Å². The van der Waals surface area contributed by atoms with E-state index in [0.717, 1.165) is 16.5 Å². The molecule has 6 heteroatoms.